The lowest BCUT2D eigenvalue weighted by molar-refractivity contribution is 0.0857. The molecule has 5 nitrogen and oxygen atoms in total. The molecule has 5 heteroatoms. The second-order valence-corrected chi connectivity index (χ2v) is 16.6. The molecule has 0 N–H and O–H groups in total. The highest BCUT2D eigenvalue weighted by Crippen LogP contribution is 2.51. The third kappa shape index (κ3) is 5.24. The molecule has 2 fully saturated rings. The molecule has 11 rings (SSSR count). The Bertz CT molecular complexity index is 2880. The molecule has 0 radical (unpaired) electrons. The van der Waals surface area contributed by atoms with Crippen molar-refractivity contribution in [1.82, 2.24) is 24.1 Å². The van der Waals surface area contributed by atoms with E-state index in [0.29, 0.717) is 0 Å². The Morgan fingerprint density at radius 1 is 0.509 bits per heavy atom. The van der Waals surface area contributed by atoms with Crippen molar-refractivity contribution in [2.75, 3.05) is 0 Å². The summed E-state index contributed by atoms with van der Waals surface area (Å²) in [5.74, 6) is 4.71. The highest BCUT2D eigenvalue weighted by atomic mass is 15.1. The SMILES string of the molecule is CC1CC2CC(C1)CC(C)(c1nc(-c3ccccc3)nc(-c3cccc(-n4c5ccccc5c5ccc6c(c7ccccc7n6-c6ccccc6)c54)c3)n1)C2. The number of nitrogens with zero attached hydrogens (tertiary/aromatic N) is 5. The summed E-state index contributed by atoms with van der Waals surface area (Å²) in [7, 11) is 0. The number of rotatable bonds is 5. The van der Waals surface area contributed by atoms with Crippen molar-refractivity contribution in [2.45, 2.75) is 51.4 Å². The van der Waals surface area contributed by atoms with E-state index >= 15 is 0 Å². The van der Waals surface area contributed by atoms with Gasteiger partial charge >= 0.3 is 0 Å². The molecule has 55 heavy (non-hydrogen) atoms. The van der Waals surface area contributed by atoms with Crippen LogP contribution in [0.5, 0.6) is 0 Å². The number of hydrogen-bond acceptors (Lipinski definition) is 3. The van der Waals surface area contributed by atoms with Crippen LogP contribution in [0.25, 0.3) is 77.8 Å². The number of aromatic nitrogens is 5. The van der Waals surface area contributed by atoms with Crippen LogP contribution < -0.4 is 0 Å². The van der Waals surface area contributed by atoms with Crippen LogP contribution in [0, 0.1) is 17.8 Å². The smallest absolute Gasteiger partial charge is 0.163 e. The average Bonchev–Trinajstić information content (AvgIpc) is 3.74. The summed E-state index contributed by atoms with van der Waals surface area (Å²) in [4.78, 5) is 15.9. The van der Waals surface area contributed by atoms with E-state index < -0.39 is 0 Å². The molecule has 3 aromatic heterocycles. The molecule has 3 heterocycles. The molecule has 2 aliphatic rings. The van der Waals surface area contributed by atoms with Gasteiger partial charge in [0.25, 0.3) is 0 Å². The van der Waals surface area contributed by atoms with E-state index in [1.54, 1.807) is 0 Å². The highest BCUT2D eigenvalue weighted by Gasteiger charge is 2.44. The molecule has 268 valence electrons. The van der Waals surface area contributed by atoms with Gasteiger partial charge in [-0.1, -0.05) is 117 Å². The molecule has 0 saturated heterocycles. The minimum Gasteiger partial charge on any atom is -0.309 e. The van der Waals surface area contributed by atoms with Crippen LogP contribution in [0.4, 0.5) is 0 Å². The lowest BCUT2D eigenvalue weighted by Gasteiger charge is -2.46. The minimum absolute atomic E-state index is 0.0854. The number of benzene rings is 6. The van der Waals surface area contributed by atoms with Crippen LogP contribution in [-0.4, -0.2) is 24.1 Å². The Kier molecular flexibility index (Phi) is 7.35. The van der Waals surface area contributed by atoms with Gasteiger partial charge in [-0.3, -0.25) is 0 Å². The highest BCUT2D eigenvalue weighted by molar-refractivity contribution is 6.26. The van der Waals surface area contributed by atoms with Crippen LogP contribution in [0.15, 0.2) is 146 Å². The van der Waals surface area contributed by atoms with Gasteiger partial charge in [-0.2, -0.15) is 0 Å². The van der Waals surface area contributed by atoms with Gasteiger partial charge in [0.05, 0.1) is 22.1 Å². The zero-order valence-corrected chi connectivity index (χ0v) is 31.4. The number of para-hydroxylation sites is 3. The topological polar surface area (TPSA) is 48.5 Å². The van der Waals surface area contributed by atoms with Crippen molar-refractivity contribution in [1.29, 1.82) is 0 Å². The second kappa shape index (κ2) is 12.5. The molecule has 9 aromatic rings. The molecular formula is C50H43N5. The standard InChI is InChI=1S/C50H43N5/c1-32-26-33-28-34(27-32)31-50(2,30-33)49-52-47(35-14-5-3-6-15-35)51-48(53-49)36-16-13-19-38(29-36)55-42-22-11-9-20-39(42)40-24-25-44-45(46(40)55)41-21-10-12-23-43(41)54(44)37-17-7-4-8-18-37/h3-25,29,32-34H,26-28,30-31H2,1-2H3. The summed E-state index contributed by atoms with van der Waals surface area (Å²) in [5, 5.41) is 4.96. The van der Waals surface area contributed by atoms with Crippen LogP contribution in [-0.2, 0) is 5.41 Å². The summed E-state index contributed by atoms with van der Waals surface area (Å²) >= 11 is 0. The van der Waals surface area contributed by atoms with Crippen LogP contribution >= 0.6 is 0 Å². The maximum atomic E-state index is 5.41. The average molecular weight is 714 g/mol. The first-order valence-corrected chi connectivity index (χ1v) is 19.9. The first-order chi connectivity index (χ1) is 27.0. The summed E-state index contributed by atoms with van der Waals surface area (Å²) in [6, 6.07) is 52.2. The van der Waals surface area contributed by atoms with Crippen molar-refractivity contribution in [3.63, 3.8) is 0 Å². The predicted octanol–water partition coefficient (Wildman–Crippen LogP) is 12.5. The van der Waals surface area contributed by atoms with Crippen molar-refractivity contribution >= 4 is 43.6 Å². The zero-order chi connectivity index (χ0) is 36.7. The molecule has 2 atom stereocenters. The first-order valence-electron chi connectivity index (χ1n) is 19.9. The Morgan fingerprint density at radius 2 is 1.11 bits per heavy atom. The molecule has 0 aliphatic heterocycles. The minimum atomic E-state index is -0.0854. The lowest BCUT2D eigenvalue weighted by Crippen LogP contribution is -2.40. The van der Waals surface area contributed by atoms with E-state index in [9.17, 15) is 0 Å². The van der Waals surface area contributed by atoms with E-state index in [0.717, 1.165) is 70.6 Å². The van der Waals surface area contributed by atoms with Crippen molar-refractivity contribution in [2.24, 2.45) is 17.8 Å². The Labute approximate surface area is 321 Å². The summed E-state index contributed by atoms with van der Waals surface area (Å²) in [6.07, 6.45) is 6.25. The van der Waals surface area contributed by atoms with Crippen molar-refractivity contribution in [3.8, 4) is 34.2 Å². The van der Waals surface area contributed by atoms with Gasteiger partial charge in [0.1, 0.15) is 5.82 Å². The van der Waals surface area contributed by atoms with E-state index in [2.05, 4.69) is 169 Å². The third-order valence-corrected chi connectivity index (χ3v) is 12.7. The fraction of sp³-hybridized carbons (Fsp3) is 0.220. The fourth-order valence-electron chi connectivity index (χ4n) is 10.7. The first kappa shape index (κ1) is 32.4. The van der Waals surface area contributed by atoms with Crippen LogP contribution in [0.3, 0.4) is 0 Å². The maximum absolute atomic E-state index is 5.41. The summed E-state index contributed by atoms with van der Waals surface area (Å²) in [6.45, 7) is 4.86. The Morgan fingerprint density at radius 3 is 1.85 bits per heavy atom. The quantitative estimate of drug-likeness (QED) is 0.178. The fourth-order valence-corrected chi connectivity index (χ4v) is 10.7. The Balaban J connectivity index is 1.14. The number of hydrogen-bond donors (Lipinski definition) is 0. The van der Waals surface area contributed by atoms with Crippen LogP contribution in [0.2, 0.25) is 0 Å². The normalized spacial score (nSPS) is 21.2. The van der Waals surface area contributed by atoms with Gasteiger partial charge in [0.15, 0.2) is 11.6 Å². The molecule has 2 unspecified atom stereocenters. The zero-order valence-electron chi connectivity index (χ0n) is 31.4. The molecule has 2 aliphatic carbocycles. The monoisotopic (exact) mass is 713 g/mol. The number of fused-ring (bicyclic) bond motifs is 9. The van der Waals surface area contributed by atoms with E-state index in [-0.39, 0.29) is 5.41 Å². The molecule has 2 bridgehead atoms. The second-order valence-electron chi connectivity index (χ2n) is 16.6. The molecular weight excluding hydrogens is 671 g/mol. The van der Waals surface area contributed by atoms with Crippen LogP contribution in [0.1, 0.15) is 51.8 Å². The summed E-state index contributed by atoms with van der Waals surface area (Å²) in [5.41, 5.74) is 8.95. The van der Waals surface area contributed by atoms with E-state index in [1.165, 1.54) is 62.9 Å². The van der Waals surface area contributed by atoms with Gasteiger partial charge in [0.2, 0.25) is 0 Å². The Hall–Kier alpha value is -6.07. The van der Waals surface area contributed by atoms with Gasteiger partial charge in [-0.05, 0) is 92.3 Å². The summed E-state index contributed by atoms with van der Waals surface area (Å²) < 4.78 is 4.87. The van der Waals surface area contributed by atoms with Crippen molar-refractivity contribution < 1.29 is 0 Å². The molecule has 2 saturated carbocycles. The predicted molar refractivity (Wildman–Crippen MR) is 226 cm³/mol. The molecule has 0 spiro atoms. The van der Waals surface area contributed by atoms with Crippen molar-refractivity contribution in [3.05, 3.63) is 151 Å². The van der Waals surface area contributed by atoms with Gasteiger partial charge in [0, 0.05) is 49.5 Å². The maximum Gasteiger partial charge on any atom is 0.163 e. The molecule has 0 amide bonds. The van der Waals surface area contributed by atoms with E-state index in [1.807, 2.05) is 0 Å². The van der Waals surface area contributed by atoms with Gasteiger partial charge < -0.3 is 9.13 Å². The van der Waals surface area contributed by atoms with Gasteiger partial charge in [-0.25, -0.2) is 15.0 Å². The third-order valence-electron chi connectivity index (χ3n) is 12.7. The largest absolute Gasteiger partial charge is 0.309 e. The van der Waals surface area contributed by atoms with Gasteiger partial charge in [-0.15, -0.1) is 0 Å². The molecule has 6 aromatic carbocycles. The van der Waals surface area contributed by atoms with E-state index in [4.69, 9.17) is 15.0 Å². The lowest BCUT2D eigenvalue weighted by atomic mass is 9.59.